The minimum absolute atomic E-state index is 1.12. The van der Waals surface area contributed by atoms with Crippen LogP contribution in [0.15, 0.2) is 28.7 Å². The molecular formula is C9H8BrN. The normalized spacial score (nSPS) is 10.7. The molecule has 0 saturated heterocycles. The fraction of sp³-hybridized carbons (Fsp3) is 0.111. The Kier molecular flexibility index (Phi) is 1.50. The first kappa shape index (κ1) is 6.92. The molecular weight excluding hydrogens is 202 g/mol. The molecule has 1 N–H and O–H groups in total. The Labute approximate surface area is 73.6 Å². The van der Waals surface area contributed by atoms with Crippen LogP contribution in [0.1, 0.15) is 5.69 Å². The van der Waals surface area contributed by atoms with Crippen molar-refractivity contribution in [2.75, 3.05) is 0 Å². The van der Waals surface area contributed by atoms with Crippen LogP contribution >= 0.6 is 15.9 Å². The van der Waals surface area contributed by atoms with Crippen LogP contribution in [-0.2, 0) is 0 Å². The lowest BCUT2D eigenvalue weighted by Crippen LogP contribution is -1.67. The zero-order valence-electron chi connectivity index (χ0n) is 6.19. The van der Waals surface area contributed by atoms with Crippen LogP contribution in [0.5, 0.6) is 0 Å². The number of aromatic amines is 1. The van der Waals surface area contributed by atoms with Gasteiger partial charge in [-0.05, 0) is 30.5 Å². The van der Waals surface area contributed by atoms with Gasteiger partial charge in [-0.1, -0.05) is 22.0 Å². The van der Waals surface area contributed by atoms with E-state index >= 15 is 0 Å². The van der Waals surface area contributed by atoms with Crippen LogP contribution in [0.2, 0.25) is 0 Å². The van der Waals surface area contributed by atoms with Crippen molar-refractivity contribution in [1.82, 2.24) is 4.98 Å². The Hall–Kier alpha value is -0.760. The summed E-state index contributed by atoms with van der Waals surface area (Å²) in [4.78, 5) is 3.27. The van der Waals surface area contributed by atoms with Gasteiger partial charge < -0.3 is 4.98 Å². The molecule has 0 radical (unpaired) electrons. The third-order valence-electron chi connectivity index (χ3n) is 1.72. The second-order valence-electron chi connectivity index (χ2n) is 2.68. The SMILES string of the molecule is Cc1cc2ccc(Br)cc2[nH]1. The Morgan fingerprint density at radius 3 is 2.91 bits per heavy atom. The molecule has 2 heteroatoms. The average molecular weight is 210 g/mol. The molecule has 0 aliphatic rings. The summed E-state index contributed by atoms with van der Waals surface area (Å²) in [6, 6.07) is 8.38. The van der Waals surface area contributed by atoms with E-state index in [4.69, 9.17) is 0 Å². The lowest BCUT2D eigenvalue weighted by atomic mass is 10.2. The molecule has 11 heavy (non-hydrogen) atoms. The summed E-state index contributed by atoms with van der Waals surface area (Å²) >= 11 is 3.42. The molecule has 0 aliphatic carbocycles. The minimum atomic E-state index is 1.12. The van der Waals surface area contributed by atoms with Crippen molar-refractivity contribution in [2.45, 2.75) is 6.92 Å². The van der Waals surface area contributed by atoms with Crippen molar-refractivity contribution in [3.05, 3.63) is 34.4 Å². The summed E-state index contributed by atoms with van der Waals surface area (Å²) in [6.07, 6.45) is 0. The highest BCUT2D eigenvalue weighted by atomic mass is 79.9. The zero-order chi connectivity index (χ0) is 7.84. The molecule has 0 spiro atoms. The van der Waals surface area contributed by atoms with E-state index < -0.39 is 0 Å². The second kappa shape index (κ2) is 2.38. The lowest BCUT2D eigenvalue weighted by molar-refractivity contribution is 1.30. The van der Waals surface area contributed by atoms with Crippen LogP contribution in [0.25, 0.3) is 10.9 Å². The van der Waals surface area contributed by atoms with Crippen LogP contribution in [-0.4, -0.2) is 4.98 Å². The maximum absolute atomic E-state index is 3.42. The first-order valence-electron chi connectivity index (χ1n) is 3.50. The molecule has 0 bridgehead atoms. The predicted molar refractivity (Wildman–Crippen MR) is 50.7 cm³/mol. The van der Waals surface area contributed by atoms with Gasteiger partial charge in [0.1, 0.15) is 0 Å². The van der Waals surface area contributed by atoms with Crippen molar-refractivity contribution in [3.8, 4) is 0 Å². The van der Waals surface area contributed by atoms with Gasteiger partial charge in [0.15, 0.2) is 0 Å². The van der Waals surface area contributed by atoms with Gasteiger partial charge in [-0.15, -0.1) is 0 Å². The highest BCUT2D eigenvalue weighted by molar-refractivity contribution is 9.10. The minimum Gasteiger partial charge on any atom is -0.359 e. The molecule has 0 fully saturated rings. The number of halogens is 1. The molecule has 56 valence electrons. The van der Waals surface area contributed by atoms with E-state index in [9.17, 15) is 0 Å². The van der Waals surface area contributed by atoms with Crippen LogP contribution in [0.3, 0.4) is 0 Å². The van der Waals surface area contributed by atoms with E-state index in [1.54, 1.807) is 0 Å². The molecule has 0 amide bonds. The number of benzene rings is 1. The van der Waals surface area contributed by atoms with E-state index in [1.165, 1.54) is 16.6 Å². The van der Waals surface area contributed by atoms with Gasteiger partial charge in [0.05, 0.1) is 0 Å². The molecule has 2 aromatic rings. The Morgan fingerprint density at radius 2 is 2.09 bits per heavy atom. The van der Waals surface area contributed by atoms with E-state index in [1.807, 2.05) is 0 Å². The number of hydrogen-bond acceptors (Lipinski definition) is 0. The topological polar surface area (TPSA) is 15.8 Å². The van der Waals surface area contributed by atoms with Crippen LogP contribution < -0.4 is 0 Å². The van der Waals surface area contributed by atoms with Gasteiger partial charge in [0, 0.05) is 15.7 Å². The third-order valence-corrected chi connectivity index (χ3v) is 2.21. The van der Waals surface area contributed by atoms with E-state index in [0.717, 1.165) is 4.47 Å². The molecule has 0 saturated carbocycles. The monoisotopic (exact) mass is 209 g/mol. The fourth-order valence-electron chi connectivity index (χ4n) is 1.24. The first-order valence-corrected chi connectivity index (χ1v) is 4.30. The van der Waals surface area contributed by atoms with Crippen LogP contribution in [0.4, 0.5) is 0 Å². The predicted octanol–water partition coefficient (Wildman–Crippen LogP) is 3.24. The highest BCUT2D eigenvalue weighted by Crippen LogP contribution is 2.19. The quantitative estimate of drug-likeness (QED) is 0.686. The molecule has 1 heterocycles. The van der Waals surface area contributed by atoms with Crippen molar-refractivity contribution in [1.29, 1.82) is 0 Å². The van der Waals surface area contributed by atoms with E-state index in [2.05, 4.69) is 52.1 Å². The smallest absolute Gasteiger partial charge is 0.0467 e. The number of aryl methyl sites for hydroxylation is 1. The van der Waals surface area contributed by atoms with Gasteiger partial charge in [0.25, 0.3) is 0 Å². The number of fused-ring (bicyclic) bond motifs is 1. The van der Waals surface area contributed by atoms with Gasteiger partial charge in [-0.25, -0.2) is 0 Å². The number of hydrogen-bond donors (Lipinski definition) is 1. The third kappa shape index (κ3) is 1.18. The number of nitrogens with one attached hydrogen (secondary N) is 1. The van der Waals surface area contributed by atoms with Crippen molar-refractivity contribution < 1.29 is 0 Å². The largest absolute Gasteiger partial charge is 0.359 e. The zero-order valence-corrected chi connectivity index (χ0v) is 7.77. The number of H-pyrrole nitrogens is 1. The molecule has 2 rings (SSSR count). The summed E-state index contributed by atoms with van der Waals surface area (Å²) in [5, 5.41) is 1.27. The maximum Gasteiger partial charge on any atom is 0.0467 e. The first-order chi connectivity index (χ1) is 5.25. The summed E-state index contributed by atoms with van der Waals surface area (Å²) in [5.74, 6) is 0. The Bertz CT molecular complexity index is 389. The molecule has 0 atom stereocenters. The summed E-state index contributed by atoms with van der Waals surface area (Å²) < 4.78 is 1.12. The average Bonchev–Trinajstić information content (AvgIpc) is 2.27. The van der Waals surface area contributed by atoms with E-state index in [-0.39, 0.29) is 0 Å². The maximum atomic E-state index is 3.42. The standard InChI is InChI=1S/C9H8BrN/c1-6-4-7-2-3-8(10)5-9(7)11-6/h2-5,11H,1H3. The fourth-order valence-corrected chi connectivity index (χ4v) is 1.61. The number of rotatable bonds is 0. The number of aromatic nitrogens is 1. The Morgan fingerprint density at radius 1 is 1.27 bits per heavy atom. The summed E-state index contributed by atoms with van der Waals surface area (Å²) in [6.45, 7) is 2.06. The lowest BCUT2D eigenvalue weighted by Gasteiger charge is -1.89. The molecule has 0 aliphatic heterocycles. The summed E-state index contributed by atoms with van der Waals surface area (Å²) in [5.41, 5.74) is 2.40. The van der Waals surface area contributed by atoms with Gasteiger partial charge in [-0.3, -0.25) is 0 Å². The second-order valence-corrected chi connectivity index (χ2v) is 3.60. The molecule has 1 nitrogen and oxygen atoms in total. The van der Waals surface area contributed by atoms with Gasteiger partial charge in [0.2, 0.25) is 0 Å². The van der Waals surface area contributed by atoms with Crippen molar-refractivity contribution >= 4 is 26.8 Å². The molecule has 0 unspecified atom stereocenters. The van der Waals surface area contributed by atoms with Gasteiger partial charge in [-0.2, -0.15) is 0 Å². The van der Waals surface area contributed by atoms with E-state index in [0.29, 0.717) is 0 Å². The van der Waals surface area contributed by atoms with Crippen molar-refractivity contribution in [3.63, 3.8) is 0 Å². The summed E-state index contributed by atoms with van der Waals surface area (Å²) in [7, 11) is 0. The molecule has 1 aromatic carbocycles. The Balaban J connectivity index is 2.82. The van der Waals surface area contributed by atoms with Gasteiger partial charge >= 0.3 is 0 Å². The van der Waals surface area contributed by atoms with Crippen molar-refractivity contribution in [2.24, 2.45) is 0 Å². The highest BCUT2D eigenvalue weighted by Gasteiger charge is 1.95. The van der Waals surface area contributed by atoms with Crippen LogP contribution in [0, 0.1) is 6.92 Å². The molecule has 1 aromatic heterocycles.